The van der Waals surface area contributed by atoms with E-state index >= 15 is 0 Å². The number of hydrogen-bond donors (Lipinski definition) is 1. The highest BCUT2D eigenvalue weighted by Crippen LogP contribution is 2.28. The lowest BCUT2D eigenvalue weighted by Crippen LogP contribution is -2.42. The summed E-state index contributed by atoms with van der Waals surface area (Å²) < 4.78 is 1.48. The Kier molecular flexibility index (Phi) is 3.18. The van der Waals surface area contributed by atoms with E-state index in [-0.39, 0.29) is 5.69 Å². The summed E-state index contributed by atoms with van der Waals surface area (Å²) in [4.78, 5) is 18.3. The molecule has 1 fully saturated rings. The Hall–Kier alpha value is -1.56. The lowest BCUT2D eigenvalue weighted by Gasteiger charge is -2.38. The summed E-state index contributed by atoms with van der Waals surface area (Å²) in [5.74, 6) is 2.06. The van der Waals surface area contributed by atoms with Gasteiger partial charge < -0.3 is 4.90 Å². The minimum atomic E-state index is -0.251. The number of rotatable bonds is 4. The number of hydrogen-bond acceptors (Lipinski definition) is 4. The molecule has 0 saturated heterocycles. The maximum atomic E-state index is 11.6. The summed E-state index contributed by atoms with van der Waals surface area (Å²) in [5, 5.41) is 6.46. The molecule has 3 rings (SSSR count). The number of alkyl halides is 1. The van der Waals surface area contributed by atoms with Gasteiger partial charge >= 0.3 is 5.69 Å². The van der Waals surface area contributed by atoms with Crippen LogP contribution in [0.4, 0.5) is 5.82 Å². The molecule has 2 aromatic heterocycles. The number of aromatic nitrogens is 4. The van der Waals surface area contributed by atoms with E-state index in [0.29, 0.717) is 23.4 Å². The Balaban J connectivity index is 2.05. The Morgan fingerprint density at radius 3 is 3.00 bits per heavy atom. The van der Waals surface area contributed by atoms with Crippen LogP contribution in [0.15, 0.2) is 10.9 Å². The van der Waals surface area contributed by atoms with Crippen molar-refractivity contribution in [2.45, 2.75) is 32.2 Å². The first-order valence-electron chi connectivity index (χ1n) is 6.48. The second-order valence-corrected chi connectivity index (χ2v) is 5.23. The lowest BCUT2D eigenvalue weighted by atomic mass is 9.91. The highest BCUT2D eigenvalue weighted by atomic mass is 35.5. The zero-order valence-corrected chi connectivity index (χ0v) is 11.5. The number of nitrogens with one attached hydrogen (secondary N) is 1. The summed E-state index contributed by atoms with van der Waals surface area (Å²) in [7, 11) is 0. The molecule has 0 unspecified atom stereocenters. The molecule has 1 aliphatic carbocycles. The number of nitrogens with zero attached hydrogens (tertiary/aromatic N) is 4. The van der Waals surface area contributed by atoms with Crippen LogP contribution in [0.2, 0.25) is 0 Å². The first kappa shape index (κ1) is 12.5. The Morgan fingerprint density at radius 1 is 1.58 bits per heavy atom. The van der Waals surface area contributed by atoms with Gasteiger partial charge in [-0.15, -0.1) is 11.6 Å². The minimum absolute atomic E-state index is 0.251. The second-order valence-electron chi connectivity index (χ2n) is 4.85. The summed E-state index contributed by atoms with van der Waals surface area (Å²) in [5.41, 5.74) is 0.352. The molecule has 7 heteroatoms. The van der Waals surface area contributed by atoms with Gasteiger partial charge in [-0.05, 0) is 26.2 Å². The maximum absolute atomic E-state index is 11.6. The van der Waals surface area contributed by atoms with Gasteiger partial charge in [-0.2, -0.15) is 5.10 Å². The van der Waals surface area contributed by atoms with Crippen LogP contribution < -0.4 is 10.6 Å². The first-order valence-corrected chi connectivity index (χ1v) is 7.01. The fourth-order valence-corrected chi connectivity index (χ4v) is 2.69. The predicted octanol–water partition coefficient (Wildman–Crippen LogP) is 1.32. The van der Waals surface area contributed by atoms with Crippen molar-refractivity contribution in [3.8, 4) is 0 Å². The van der Waals surface area contributed by atoms with E-state index in [1.54, 1.807) is 0 Å². The fraction of sp³-hybridized carbons (Fsp3) is 0.583. The van der Waals surface area contributed by atoms with Crippen molar-refractivity contribution in [1.82, 2.24) is 19.6 Å². The van der Waals surface area contributed by atoms with E-state index in [0.717, 1.165) is 12.4 Å². The molecule has 2 heterocycles. The zero-order chi connectivity index (χ0) is 13.4. The average Bonchev–Trinajstić information content (AvgIpc) is 2.68. The van der Waals surface area contributed by atoms with Crippen molar-refractivity contribution in [2.75, 3.05) is 17.3 Å². The van der Waals surface area contributed by atoms with Gasteiger partial charge in [-0.25, -0.2) is 19.3 Å². The molecule has 0 atom stereocenters. The van der Waals surface area contributed by atoms with E-state index in [9.17, 15) is 4.79 Å². The van der Waals surface area contributed by atoms with E-state index in [4.69, 9.17) is 11.6 Å². The third kappa shape index (κ3) is 2.10. The molecule has 0 bridgehead atoms. The number of halogens is 1. The van der Waals surface area contributed by atoms with E-state index in [1.807, 2.05) is 13.0 Å². The van der Waals surface area contributed by atoms with Gasteiger partial charge in [0.05, 0.1) is 0 Å². The predicted molar refractivity (Wildman–Crippen MR) is 74.0 cm³/mol. The number of H-pyrrole nitrogens is 1. The smallest absolute Gasteiger partial charge is 0.349 e. The SMILES string of the molecule is Cc1nc(N(CCCl)C2CCC2)cc2n[nH]c(=O)n12. The fourth-order valence-electron chi connectivity index (χ4n) is 2.50. The van der Waals surface area contributed by atoms with Crippen molar-refractivity contribution < 1.29 is 0 Å². The molecule has 0 radical (unpaired) electrons. The molecule has 0 spiro atoms. The maximum Gasteiger partial charge on any atom is 0.349 e. The Bertz CT molecular complexity index is 645. The van der Waals surface area contributed by atoms with Crippen LogP contribution in [0.25, 0.3) is 5.65 Å². The van der Waals surface area contributed by atoms with Crippen molar-refractivity contribution in [3.63, 3.8) is 0 Å². The Labute approximate surface area is 115 Å². The molecule has 1 aliphatic rings. The third-order valence-corrected chi connectivity index (χ3v) is 3.86. The molecule has 0 aliphatic heterocycles. The van der Waals surface area contributed by atoms with Crippen molar-refractivity contribution >= 4 is 23.1 Å². The quantitative estimate of drug-likeness (QED) is 0.859. The minimum Gasteiger partial charge on any atom is -0.352 e. The van der Waals surface area contributed by atoms with Crippen LogP contribution in [-0.2, 0) is 0 Å². The van der Waals surface area contributed by atoms with E-state index < -0.39 is 0 Å². The number of anilines is 1. The summed E-state index contributed by atoms with van der Waals surface area (Å²) in [6, 6.07) is 2.36. The van der Waals surface area contributed by atoms with Crippen LogP contribution in [0, 0.1) is 6.92 Å². The molecule has 6 nitrogen and oxygen atoms in total. The van der Waals surface area contributed by atoms with Crippen molar-refractivity contribution in [1.29, 1.82) is 0 Å². The van der Waals surface area contributed by atoms with Gasteiger partial charge in [0.15, 0.2) is 5.65 Å². The standard InChI is InChI=1S/C12H16ClN5O/c1-8-14-10(7-11-15-16-12(19)18(8)11)17(6-5-13)9-3-2-4-9/h7,9H,2-6H2,1H3,(H,16,19). The molecule has 19 heavy (non-hydrogen) atoms. The normalized spacial score (nSPS) is 15.7. The van der Waals surface area contributed by atoms with Crippen LogP contribution >= 0.6 is 11.6 Å². The average molecular weight is 282 g/mol. The van der Waals surface area contributed by atoms with Gasteiger partial charge in [-0.1, -0.05) is 0 Å². The van der Waals surface area contributed by atoms with Crippen LogP contribution in [0.5, 0.6) is 0 Å². The molecule has 102 valence electrons. The number of aryl methyl sites for hydroxylation is 1. The zero-order valence-electron chi connectivity index (χ0n) is 10.8. The van der Waals surface area contributed by atoms with Gasteiger partial charge in [-0.3, -0.25) is 0 Å². The molecular formula is C12H16ClN5O. The third-order valence-electron chi connectivity index (χ3n) is 3.69. The first-order chi connectivity index (χ1) is 9.20. The van der Waals surface area contributed by atoms with Crippen molar-refractivity contribution in [3.05, 3.63) is 22.4 Å². The molecule has 1 N–H and O–H groups in total. The molecule has 2 aromatic rings. The van der Waals surface area contributed by atoms with E-state index in [1.165, 1.54) is 23.7 Å². The van der Waals surface area contributed by atoms with E-state index in [2.05, 4.69) is 20.1 Å². The van der Waals surface area contributed by atoms with Gasteiger partial charge in [0.25, 0.3) is 0 Å². The van der Waals surface area contributed by atoms with Crippen LogP contribution in [-0.4, -0.2) is 38.0 Å². The molecule has 1 saturated carbocycles. The molecule has 0 aromatic carbocycles. The largest absolute Gasteiger partial charge is 0.352 e. The van der Waals surface area contributed by atoms with Crippen molar-refractivity contribution in [2.24, 2.45) is 0 Å². The monoisotopic (exact) mass is 281 g/mol. The second kappa shape index (κ2) is 4.85. The summed E-state index contributed by atoms with van der Waals surface area (Å²) >= 11 is 5.89. The summed E-state index contributed by atoms with van der Waals surface area (Å²) in [6.07, 6.45) is 3.61. The van der Waals surface area contributed by atoms with Gasteiger partial charge in [0.1, 0.15) is 11.6 Å². The Morgan fingerprint density at radius 2 is 2.37 bits per heavy atom. The number of aromatic amines is 1. The lowest BCUT2D eigenvalue weighted by molar-refractivity contribution is 0.388. The highest BCUT2D eigenvalue weighted by molar-refractivity contribution is 6.18. The molecular weight excluding hydrogens is 266 g/mol. The van der Waals surface area contributed by atoms with Crippen LogP contribution in [0.3, 0.4) is 0 Å². The topological polar surface area (TPSA) is 66.3 Å². The number of fused-ring (bicyclic) bond motifs is 1. The van der Waals surface area contributed by atoms with Crippen LogP contribution in [0.1, 0.15) is 25.1 Å². The van der Waals surface area contributed by atoms with Gasteiger partial charge in [0, 0.05) is 24.5 Å². The summed E-state index contributed by atoms with van der Waals surface area (Å²) in [6.45, 7) is 2.58. The highest BCUT2D eigenvalue weighted by Gasteiger charge is 2.26. The van der Waals surface area contributed by atoms with Gasteiger partial charge in [0.2, 0.25) is 0 Å². The molecule has 0 amide bonds.